The Labute approximate surface area is 185 Å². The van der Waals surface area contributed by atoms with Crippen LogP contribution in [0.15, 0.2) is 66.2 Å². The number of rotatable bonds is 7. The smallest absolute Gasteiger partial charge is 0.338 e. The summed E-state index contributed by atoms with van der Waals surface area (Å²) in [4.78, 5) is 12.9. The van der Waals surface area contributed by atoms with Crippen LogP contribution < -0.4 is 4.74 Å². The first-order valence-electron chi connectivity index (χ1n) is 10.6. The van der Waals surface area contributed by atoms with Gasteiger partial charge >= 0.3 is 5.97 Å². The quantitative estimate of drug-likeness (QED) is 0.452. The second kappa shape index (κ2) is 10.1. The van der Waals surface area contributed by atoms with Crippen LogP contribution in [-0.2, 0) is 20.8 Å². The zero-order valence-corrected chi connectivity index (χ0v) is 19.0. The molecule has 0 bridgehead atoms. The molecule has 5 heteroatoms. The SMILES string of the molecule is COc1ccc(COC2C=C(C)C(OC)CC(C)(C)C2OC(=O)c2ccccc2)cc1. The van der Waals surface area contributed by atoms with Gasteiger partial charge in [-0.15, -0.1) is 0 Å². The molecule has 3 rings (SSSR count). The van der Waals surface area contributed by atoms with E-state index in [0.29, 0.717) is 12.2 Å². The predicted molar refractivity (Wildman–Crippen MR) is 120 cm³/mol. The summed E-state index contributed by atoms with van der Waals surface area (Å²) in [6.45, 7) is 6.62. The van der Waals surface area contributed by atoms with E-state index in [9.17, 15) is 4.79 Å². The van der Waals surface area contributed by atoms with Crippen molar-refractivity contribution in [3.8, 4) is 5.75 Å². The van der Waals surface area contributed by atoms with E-state index in [1.165, 1.54) is 0 Å². The van der Waals surface area contributed by atoms with Gasteiger partial charge in [0, 0.05) is 12.5 Å². The first kappa shape index (κ1) is 23.0. The maximum atomic E-state index is 12.9. The molecular weight excluding hydrogens is 392 g/mol. The molecule has 1 aliphatic carbocycles. The van der Waals surface area contributed by atoms with Crippen molar-refractivity contribution in [1.82, 2.24) is 0 Å². The fourth-order valence-electron chi connectivity index (χ4n) is 3.96. The van der Waals surface area contributed by atoms with E-state index < -0.39 is 12.2 Å². The highest BCUT2D eigenvalue weighted by atomic mass is 16.6. The molecule has 0 heterocycles. The first-order chi connectivity index (χ1) is 14.8. The fourth-order valence-corrected chi connectivity index (χ4v) is 3.96. The molecule has 2 aromatic rings. The highest BCUT2D eigenvalue weighted by molar-refractivity contribution is 5.89. The summed E-state index contributed by atoms with van der Waals surface area (Å²) in [6, 6.07) is 16.8. The van der Waals surface area contributed by atoms with Crippen LogP contribution in [0.5, 0.6) is 5.75 Å². The number of hydrogen-bond donors (Lipinski definition) is 0. The fraction of sp³-hybridized carbons (Fsp3) is 0.423. The Morgan fingerprint density at radius 2 is 1.71 bits per heavy atom. The molecule has 0 fully saturated rings. The number of carbonyl (C=O) groups is 1. The average Bonchev–Trinajstić information content (AvgIpc) is 2.87. The van der Waals surface area contributed by atoms with Crippen LogP contribution in [0.3, 0.4) is 0 Å². The van der Waals surface area contributed by atoms with E-state index >= 15 is 0 Å². The average molecular weight is 425 g/mol. The number of methoxy groups -OCH3 is 2. The summed E-state index contributed by atoms with van der Waals surface area (Å²) in [5.74, 6) is 0.450. The van der Waals surface area contributed by atoms with Crippen LogP contribution in [0.4, 0.5) is 0 Å². The third kappa shape index (κ3) is 5.75. The van der Waals surface area contributed by atoms with E-state index in [0.717, 1.165) is 23.3 Å². The number of hydrogen-bond acceptors (Lipinski definition) is 5. The van der Waals surface area contributed by atoms with E-state index in [4.69, 9.17) is 18.9 Å². The van der Waals surface area contributed by atoms with E-state index in [1.807, 2.05) is 55.5 Å². The normalized spacial score (nSPS) is 22.9. The third-order valence-electron chi connectivity index (χ3n) is 5.84. The lowest BCUT2D eigenvalue weighted by Crippen LogP contribution is -2.43. The minimum atomic E-state index is -0.464. The summed E-state index contributed by atoms with van der Waals surface area (Å²) in [6.07, 6.45) is 1.84. The molecule has 0 N–H and O–H groups in total. The zero-order valence-electron chi connectivity index (χ0n) is 19.0. The summed E-state index contributed by atoms with van der Waals surface area (Å²) in [7, 11) is 3.35. The Bertz CT molecular complexity index is 886. The van der Waals surface area contributed by atoms with Gasteiger partial charge in [-0.1, -0.05) is 50.3 Å². The Morgan fingerprint density at radius 3 is 2.32 bits per heavy atom. The number of benzene rings is 2. The maximum Gasteiger partial charge on any atom is 0.338 e. The lowest BCUT2D eigenvalue weighted by Gasteiger charge is -2.37. The molecule has 0 saturated carbocycles. The van der Waals surface area contributed by atoms with Crippen molar-refractivity contribution in [2.24, 2.45) is 5.41 Å². The maximum absolute atomic E-state index is 12.9. The standard InChI is InChI=1S/C26H32O5/c1-18-15-22(30-17-19-11-13-21(28-4)14-12-19)24(26(2,3)16-23(18)29-5)31-25(27)20-9-7-6-8-10-20/h6-15,22-24H,16-17H2,1-5H3. The van der Waals surface area contributed by atoms with Crippen molar-refractivity contribution in [2.75, 3.05) is 14.2 Å². The summed E-state index contributed by atoms with van der Waals surface area (Å²) in [5.41, 5.74) is 2.27. The van der Waals surface area contributed by atoms with Crippen LogP contribution in [0.1, 0.15) is 43.1 Å². The van der Waals surface area contributed by atoms with Crippen LogP contribution in [0, 0.1) is 5.41 Å². The van der Waals surface area contributed by atoms with E-state index in [1.54, 1.807) is 26.4 Å². The molecule has 0 amide bonds. The minimum Gasteiger partial charge on any atom is -0.497 e. The van der Waals surface area contributed by atoms with Gasteiger partial charge in [-0.2, -0.15) is 0 Å². The van der Waals surface area contributed by atoms with Gasteiger partial charge in [0.05, 0.1) is 25.4 Å². The molecule has 31 heavy (non-hydrogen) atoms. The molecule has 2 aromatic carbocycles. The van der Waals surface area contributed by atoms with Gasteiger partial charge in [-0.05, 0) is 48.7 Å². The molecule has 166 valence electrons. The van der Waals surface area contributed by atoms with Crippen molar-refractivity contribution in [3.05, 3.63) is 77.4 Å². The van der Waals surface area contributed by atoms with Gasteiger partial charge < -0.3 is 18.9 Å². The molecule has 3 atom stereocenters. The lowest BCUT2D eigenvalue weighted by molar-refractivity contribution is -0.0885. The Kier molecular flexibility index (Phi) is 7.52. The summed E-state index contributed by atoms with van der Waals surface area (Å²) in [5, 5.41) is 0. The van der Waals surface area contributed by atoms with E-state index in [-0.39, 0.29) is 17.5 Å². The van der Waals surface area contributed by atoms with Gasteiger partial charge in [-0.3, -0.25) is 0 Å². The predicted octanol–water partition coefficient (Wildman–Crippen LogP) is 5.20. The Morgan fingerprint density at radius 1 is 1.03 bits per heavy atom. The molecule has 0 aliphatic heterocycles. The number of esters is 1. The lowest BCUT2D eigenvalue weighted by atomic mass is 9.80. The molecule has 0 radical (unpaired) electrons. The van der Waals surface area contributed by atoms with E-state index in [2.05, 4.69) is 13.8 Å². The third-order valence-corrected chi connectivity index (χ3v) is 5.84. The molecule has 0 saturated heterocycles. The monoisotopic (exact) mass is 424 g/mol. The summed E-state index contributed by atoms with van der Waals surface area (Å²) >= 11 is 0. The molecular formula is C26H32O5. The molecule has 1 aliphatic rings. The largest absolute Gasteiger partial charge is 0.497 e. The summed E-state index contributed by atoms with van der Waals surface area (Å²) < 4.78 is 23.3. The second-order valence-corrected chi connectivity index (χ2v) is 8.64. The molecule has 0 aromatic heterocycles. The van der Waals surface area contributed by atoms with Crippen molar-refractivity contribution in [1.29, 1.82) is 0 Å². The van der Waals surface area contributed by atoms with Crippen LogP contribution in [0.25, 0.3) is 0 Å². The Balaban J connectivity index is 1.85. The number of ether oxygens (including phenoxy) is 4. The molecule has 5 nitrogen and oxygen atoms in total. The van der Waals surface area contributed by atoms with Gasteiger partial charge in [0.2, 0.25) is 0 Å². The minimum absolute atomic E-state index is 0.0532. The van der Waals surface area contributed by atoms with Crippen molar-refractivity contribution < 1.29 is 23.7 Å². The zero-order chi connectivity index (χ0) is 22.4. The van der Waals surface area contributed by atoms with Gasteiger partial charge in [0.15, 0.2) is 0 Å². The van der Waals surface area contributed by atoms with Gasteiger partial charge in [0.1, 0.15) is 18.0 Å². The van der Waals surface area contributed by atoms with Crippen LogP contribution in [0.2, 0.25) is 0 Å². The Hall–Kier alpha value is -2.63. The highest BCUT2D eigenvalue weighted by Crippen LogP contribution is 2.39. The second-order valence-electron chi connectivity index (χ2n) is 8.64. The van der Waals surface area contributed by atoms with Crippen molar-refractivity contribution in [3.63, 3.8) is 0 Å². The van der Waals surface area contributed by atoms with Gasteiger partial charge in [0.25, 0.3) is 0 Å². The molecule has 3 unspecified atom stereocenters. The number of carbonyl (C=O) groups excluding carboxylic acids is 1. The van der Waals surface area contributed by atoms with Crippen LogP contribution in [-0.4, -0.2) is 38.5 Å². The first-order valence-corrected chi connectivity index (χ1v) is 10.6. The van der Waals surface area contributed by atoms with Gasteiger partial charge in [-0.25, -0.2) is 4.79 Å². The highest BCUT2D eigenvalue weighted by Gasteiger charge is 2.43. The van der Waals surface area contributed by atoms with Crippen LogP contribution >= 0.6 is 0 Å². The van der Waals surface area contributed by atoms with Crippen molar-refractivity contribution >= 4 is 5.97 Å². The topological polar surface area (TPSA) is 54.0 Å². The molecule has 0 spiro atoms. The van der Waals surface area contributed by atoms with Crippen molar-refractivity contribution in [2.45, 2.75) is 52.1 Å².